The summed E-state index contributed by atoms with van der Waals surface area (Å²) in [6.07, 6.45) is 2.24. The van der Waals surface area contributed by atoms with Gasteiger partial charge in [0, 0.05) is 23.1 Å². The van der Waals surface area contributed by atoms with Crippen molar-refractivity contribution in [3.8, 4) is 22.8 Å². The van der Waals surface area contributed by atoms with Crippen LogP contribution in [0, 0.1) is 0 Å². The summed E-state index contributed by atoms with van der Waals surface area (Å²) in [5.41, 5.74) is 4.17. The predicted molar refractivity (Wildman–Crippen MR) is 117 cm³/mol. The molecule has 0 radical (unpaired) electrons. The van der Waals surface area contributed by atoms with E-state index < -0.39 is 12.1 Å². The normalized spacial score (nSPS) is 12.0. The summed E-state index contributed by atoms with van der Waals surface area (Å²) in [6.45, 7) is 0. The van der Waals surface area contributed by atoms with E-state index in [1.54, 1.807) is 12.3 Å². The van der Waals surface area contributed by atoms with Gasteiger partial charge in [0.2, 0.25) is 5.89 Å². The van der Waals surface area contributed by atoms with Crippen molar-refractivity contribution < 1.29 is 18.8 Å². The highest BCUT2D eigenvalue weighted by Gasteiger charge is 2.22. The number of carboxylic acid groups (broad SMARTS) is 1. The van der Waals surface area contributed by atoms with Gasteiger partial charge in [-0.2, -0.15) is 0 Å². The molecule has 0 fully saturated rings. The van der Waals surface area contributed by atoms with Crippen LogP contribution in [0.4, 0.5) is 4.79 Å². The lowest BCUT2D eigenvalue weighted by Gasteiger charge is -2.20. The largest absolute Gasteiger partial charge is 0.465 e. The van der Waals surface area contributed by atoms with Crippen molar-refractivity contribution in [2.24, 2.45) is 0 Å². The van der Waals surface area contributed by atoms with Crippen molar-refractivity contribution in [3.05, 3.63) is 90.4 Å². The predicted octanol–water partition coefficient (Wildman–Crippen LogP) is 5.10. The third-order valence-corrected chi connectivity index (χ3v) is 5.14. The van der Waals surface area contributed by atoms with Crippen molar-refractivity contribution >= 4 is 17.1 Å². The molecule has 3 aromatic heterocycles. The van der Waals surface area contributed by atoms with Crippen LogP contribution in [0.15, 0.2) is 88.1 Å². The molecule has 2 N–H and O–H groups in total. The molecule has 8 heteroatoms. The van der Waals surface area contributed by atoms with Crippen LogP contribution in [0.5, 0.6) is 0 Å². The van der Waals surface area contributed by atoms with Crippen LogP contribution >= 0.6 is 0 Å². The summed E-state index contributed by atoms with van der Waals surface area (Å²) in [7, 11) is 0. The van der Waals surface area contributed by atoms with Gasteiger partial charge in [-0.05, 0) is 29.8 Å². The van der Waals surface area contributed by atoms with E-state index in [1.165, 1.54) is 6.26 Å². The van der Waals surface area contributed by atoms with Crippen LogP contribution in [0.25, 0.3) is 33.8 Å². The van der Waals surface area contributed by atoms with Crippen LogP contribution in [-0.4, -0.2) is 26.3 Å². The summed E-state index contributed by atoms with van der Waals surface area (Å²) >= 11 is 0. The molecule has 0 saturated carbocycles. The lowest BCUT2D eigenvalue weighted by atomic mass is 9.93. The van der Waals surface area contributed by atoms with E-state index in [-0.39, 0.29) is 0 Å². The molecule has 0 bridgehead atoms. The Labute approximate surface area is 182 Å². The molecule has 5 aromatic rings. The lowest BCUT2D eigenvalue weighted by molar-refractivity contribution is 0.190. The van der Waals surface area contributed by atoms with E-state index in [0.29, 0.717) is 35.0 Å². The zero-order valence-corrected chi connectivity index (χ0v) is 16.8. The molecule has 0 saturated heterocycles. The molecule has 8 nitrogen and oxygen atoms in total. The second-order valence-corrected chi connectivity index (χ2v) is 7.17. The Morgan fingerprint density at radius 2 is 1.88 bits per heavy atom. The van der Waals surface area contributed by atoms with Crippen LogP contribution in [0.1, 0.15) is 17.3 Å². The average molecular weight is 426 g/mol. The first-order chi connectivity index (χ1) is 15.7. The molecule has 1 unspecified atom stereocenters. The van der Waals surface area contributed by atoms with Gasteiger partial charge in [0.25, 0.3) is 0 Å². The maximum atomic E-state index is 11.6. The summed E-state index contributed by atoms with van der Waals surface area (Å²) in [5.74, 6) is 0.407. The number of nitrogens with zero attached hydrogens (tertiary/aromatic N) is 3. The standard InChI is InChI=1S/C24H18N4O4/c29-24(30)27-20(14-15-6-5-10-19(26-15)23-25-12-13-31-23)16-7-1-2-8-17(16)22-18-9-3-4-11-21(18)32-28-22/h1-13,20,27H,14H2,(H,29,30). The quantitative estimate of drug-likeness (QED) is 0.388. The number of para-hydroxylation sites is 1. The molecule has 1 atom stereocenters. The van der Waals surface area contributed by atoms with E-state index in [9.17, 15) is 9.90 Å². The number of pyridine rings is 1. The van der Waals surface area contributed by atoms with E-state index in [4.69, 9.17) is 8.94 Å². The average Bonchev–Trinajstić information content (AvgIpc) is 3.49. The fraction of sp³-hybridized carbons (Fsp3) is 0.0833. The van der Waals surface area contributed by atoms with Gasteiger partial charge < -0.3 is 19.4 Å². The monoisotopic (exact) mass is 426 g/mol. The smallest absolute Gasteiger partial charge is 0.405 e. The van der Waals surface area contributed by atoms with Crippen LogP contribution in [0.2, 0.25) is 0 Å². The number of hydrogen-bond donors (Lipinski definition) is 2. The van der Waals surface area contributed by atoms with Gasteiger partial charge in [-0.25, -0.2) is 14.8 Å². The molecule has 0 aliphatic carbocycles. The fourth-order valence-electron chi connectivity index (χ4n) is 3.76. The second kappa shape index (κ2) is 8.35. The molecule has 158 valence electrons. The lowest BCUT2D eigenvalue weighted by Crippen LogP contribution is -2.29. The molecule has 0 spiro atoms. The van der Waals surface area contributed by atoms with Crippen LogP contribution in [-0.2, 0) is 6.42 Å². The zero-order chi connectivity index (χ0) is 21.9. The Bertz CT molecular complexity index is 1380. The number of hydrogen-bond acceptors (Lipinski definition) is 6. The van der Waals surface area contributed by atoms with Gasteiger partial charge in [-0.1, -0.05) is 47.6 Å². The summed E-state index contributed by atoms with van der Waals surface area (Å²) in [4.78, 5) is 20.4. The number of fused-ring (bicyclic) bond motifs is 1. The molecule has 5 rings (SSSR count). The fourth-order valence-corrected chi connectivity index (χ4v) is 3.76. The highest BCUT2D eigenvalue weighted by molar-refractivity contribution is 5.92. The molecule has 1 amide bonds. The minimum absolute atomic E-state index is 0.327. The van der Waals surface area contributed by atoms with Crippen molar-refractivity contribution in [3.63, 3.8) is 0 Å². The third-order valence-electron chi connectivity index (χ3n) is 5.14. The maximum absolute atomic E-state index is 11.6. The summed E-state index contributed by atoms with van der Waals surface area (Å²) in [5, 5.41) is 17.3. The summed E-state index contributed by atoms with van der Waals surface area (Å²) < 4.78 is 10.8. The number of oxazole rings is 1. The Kier molecular flexibility index (Phi) is 5.09. The number of amides is 1. The van der Waals surface area contributed by atoms with Gasteiger partial charge in [0.15, 0.2) is 5.58 Å². The number of rotatable bonds is 6. The molecule has 3 heterocycles. The first kappa shape index (κ1) is 19.5. The highest BCUT2D eigenvalue weighted by atomic mass is 16.5. The van der Waals surface area contributed by atoms with Crippen molar-refractivity contribution in [2.75, 3.05) is 0 Å². The Balaban J connectivity index is 1.55. The first-order valence-corrected chi connectivity index (χ1v) is 9.98. The van der Waals surface area contributed by atoms with Crippen molar-refractivity contribution in [1.29, 1.82) is 0 Å². The Hall–Kier alpha value is -4.46. The van der Waals surface area contributed by atoms with Crippen LogP contribution < -0.4 is 5.32 Å². The van der Waals surface area contributed by atoms with Gasteiger partial charge in [0.05, 0.1) is 12.2 Å². The Morgan fingerprint density at radius 1 is 1.03 bits per heavy atom. The zero-order valence-electron chi connectivity index (χ0n) is 16.8. The molecule has 0 aliphatic rings. The van der Waals surface area contributed by atoms with E-state index in [2.05, 4.69) is 20.4 Å². The van der Waals surface area contributed by atoms with E-state index in [0.717, 1.165) is 16.5 Å². The molecule has 0 aliphatic heterocycles. The maximum Gasteiger partial charge on any atom is 0.405 e. The van der Waals surface area contributed by atoms with Gasteiger partial charge in [0.1, 0.15) is 17.7 Å². The minimum Gasteiger partial charge on any atom is -0.465 e. The van der Waals surface area contributed by atoms with Crippen LogP contribution in [0.3, 0.4) is 0 Å². The molecule has 32 heavy (non-hydrogen) atoms. The van der Waals surface area contributed by atoms with E-state index >= 15 is 0 Å². The Morgan fingerprint density at radius 3 is 2.72 bits per heavy atom. The van der Waals surface area contributed by atoms with Crippen molar-refractivity contribution in [1.82, 2.24) is 20.4 Å². The number of aromatic nitrogens is 3. The van der Waals surface area contributed by atoms with Gasteiger partial charge in [-0.3, -0.25) is 0 Å². The first-order valence-electron chi connectivity index (χ1n) is 9.98. The molecule has 2 aromatic carbocycles. The second-order valence-electron chi connectivity index (χ2n) is 7.17. The SMILES string of the molecule is O=C(O)NC(Cc1cccc(-c2ncco2)n1)c1ccccc1-c1noc2ccccc12. The highest BCUT2D eigenvalue weighted by Crippen LogP contribution is 2.34. The third kappa shape index (κ3) is 3.81. The number of benzene rings is 2. The number of nitrogens with one attached hydrogen (secondary N) is 1. The number of carbonyl (C=O) groups is 1. The van der Waals surface area contributed by atoms with E-state index in [1.807, 2.05) is 60.7 Å². The molecular formula is C24H18N4O4. The van der Waals surface area contributed by atoms with Gasteiger partial charge in [-0.15, -0.1) is 0 Å². The summed E-state index contributed by atoms with van der Waals surface area (Å²) in [6, 6.07) is 20.0. The van der Waals surface area contributed by atoms with Gasteiger partial charge >= 0.3 is 6.09 Å². The molecular weight excluding hydrogens is 408 g/mol. The van der Waals surface area contributed by atoms with Crippen molar-refractivity contribution in [2.45, 2.75) is 12.5 Å². The topological polar surface area (TPSA) is 114 Å². The minimum atomic E-state index is -1.13.